The van der Waals surface area contributed by atoms with Crippen LogP contribution in [0, 0.1) is 11.8 Å². The van der Waals surface area contributed by atoms with Gasteiger partial charge in [0.15, 0.2) is 0 Å². The molecule has 24 heavy (non-hydrogen) atoms. The maximum Gasteiger partial charge on any atom is 0.224 e. The summed E-state index contributed by atoms with van der Waals surface area (Å²) < 4.78 is 0. The molecule has 0 aromatic heterocycles. The van der Waals surface area contributed by atoms with E-state index in [2.05, 4.69) is 17.2 Å². The number of hydrogen-bond acceptors (Lipinski definition) is 2. The van der Waals surface area contributed by atoms with Crippen LogP contribution in [0.15, 0.2) is 36.9 Å². The maximum absolute atomic E-state index is 12.5. The minimum Gasteiger partial charge on any atom is -0.356 e. The van der Waals surface area contributed by atoms with E-state index in [4.69, 9.17) is 11.6 Å². The van der Waals surface area contributed by atoms with E-state index in [1.54, 1.807) is 6.08 Å². The van der Waals surface area contributed by atoms with Crippen LogP contribution in [-0.4, -0.2) is 24.9 Å². The second kappa shape index (κ2) is 9.48. The normalized spacial score (nSPS) is 20.2. The van der Waals surface area contributed by atoms with Gasteiger partial charge in [-0.25, -0.2) is 0 Å². The fourth-order valence-electron chi connectivity index (χ4n) is 3.21. The predicted molar refractivity (Wildman–Crippen MR) is 96.8 cm³/mol. The molecule has 5 heteroatoms. The number of benzene rings is 1. The summed E-state index contributed by atoms with van der Waals surface area (Å²) >= 11 is 6.13. The van der Waals surface area contributed by atoms with Gasteiger partial charge in [-0.05, 0) is 30.9 Å². The minimum atomic E-state index is -0.241. The van der Waals surface area contributed by atoms with E-state index in [-0.39, 0.29) is 23.7 Å². The number of rotatable bonds is 7. The second-order valence-corrected chi connectivity index (χ2v) is 6.57. The molecule has 4 nitrogen and oxygen atoms in total. The van der Waals surface area contributed by atoms with Crippen molar-refractivity contribution in [1.29, 1.82) is 0 Å². The lowest BCUT2D eigenvalue weighted by atomic mass is 9.78. The molecule has 1 saturated carbocycles. The highest BCUT2D eigenvalue weighted by molar-refractivity contribution is 6.31. The van der Waals surface area contributed by atoms with Gasteiger partial charge in [0.25, 0.3) is 0 Å². The van der Waals surface area contributed by atoms with Crippen LogP contribution in [-0.2, 0) is 16.0 Å². The first-order valence-electron chi connectivity index (χ1n) is 8.53. The van der Waals surface area contributed by atoms with Crippen LogP contribution >= 0.6 is 11.6 Å². The molecule has 1 aliphatic carbocycles. The molecule has 0 radical (unpaired) electrons. The Labute approximate surface area is 148 Å². The Morgan fingerprint density at radius 2 is 1.75 bits per heavy atom. The molecule has 2 amide bonds. The standard InChI is InChI=1S/C19H25ClN2O2/c1-2-12-21-18(23)15-8-4-5-9-16(15)19(24)22-13-11-14-7-3-6-10-17(14)20/h2-3,6-7,10,15-16H,1,4-5,8-9,11-13H2,(H,21,23)(H,22,24)/t15-,16+/m1/s1. The van der Waals surface area contributed by atoms with Crippen molar-refractivity contribution in [3.05, 3.63) is 47.5 Å². The Morgan fingerprint density at radius 3 is 2.38 bits per heavy atom. The summed E-state index contributed by atoms with van der Waals surface area (Å²) in [5.74, 6) is -0.546. The third-order valence-corrected chi connectivity index (χ3v) is 4.88. The molecule has 2 rings (SSSR count). The van der Waals surface area contributed by atoms with Gasteiger partial charge in [0.2, 0.25) is 11.8 Å². The Balaban J connectivity index is 1.88. The summed E-state index contributed by atoms with van der Waals surface area (Å²) in [6.45, 7) is 4.57. The molecule has 2 N–H and O–H groups in total. The monoisotopic (exact) mass is 348 g/mol. The zero-order valence-electron chi connectivity index (χ0n) is 13.9. The van der Waals surface area contributed by atoms with Gasteiger partial charge in [0.1, 0.15) is 0 Å². The highest BCUT2D eigenvalue weighted by atomic mass is 35.5. The molecule has 1 fully saturated rings. The number of carbonyl (C=O) groups excluding carboxylic acids is 2. The predicted octanol–water partition coefficient (Wildman–Crippen LogP) is 3.11. The fourth-order valence-corrected chi connectivity index (χ4v) is 3.45. The molecule has 0 spiro atoms. The van der Waals surface area contributed by atoms with E-state index in [1.807, 2.05) is 24.3 Å². The van der Waals surface area contributed by atoms with Gasteiger partial charge in [-0.15, -0.1) is 6.58 Å². The van der Waals surface area contributed by atoms with Crippen molar-refractivity contribution in [3.8, 4) is 0 Å². The van der Waals surface area contributed by atoms with E-state index < -0.39 is 0 Å². The molecule has 130 valence electrons. The lowest BCUT2D eigenvalue weighted by molar-refractivity contribution is -0.136. The van der Waals surface area contributed by atoms with Gasteiger partial charge >= 0.3 is 0 Å². The van der Waals surface area contributed by atoms with E-state index in [0.717, 1.165) is 31.2 Å². The van der Waals surface area contributed by atoms with E-state index in [0.29, 0.717) is 24.5 Å². The number of amides is 2. The Hall–Kier alpha value is -1.81. The van der Waals surface area contributed by atoms with Crippen molar-refractivity contribution < 1.29 is 9.59 Å². The van der Waals surface area contributed by atoms with Gasteiger partial charge in [-0.1, -0.05) is 48.7 Å². The van der Waals surface area contributed by atoms with Crippen LogP contribution in [0.3, 0.4) is 0 Å². The number of carbonyl (C=O) groups is 2. The Morgan fingerprint density at radius 1 is 1.12 bits per heavy atom. The van der Waals surface area contributed by atoms with Crippen molar-refractivity contribution in [3.63, 3.8) is 0 Å². The fraction of sp³-hybridized carbons (Fsp3) is 0.474. The summed E-state index contributed by atoms with van der Waals surface area (Å²) in [5.41, 5.74) is 1.02. The zero-order chi connectivity index (χ0) is 17.4. The third kappa shape index (κ3) is 5.10. The van der Waals surface area contributed by atoms with Crippen LogP contribution in [0.4, 0.5) is 0 Å². The first-order valence-corrected chi connectivity index (χ1v) is 8.91. The highest BCUT2D eigenvalue weighted by Gasteiger charge is 2.35. The first kappa shape index (κ1) is 18.5. The van der Waals surface area contributed by atoms with Crippen LogP contribution in [0.2, 0.25) is 5.02 Å². The molecule has 1 aliphatic rings. The lowest BCUT2D eigenvalue weighted by Crippen LogP contribution is -2.44. The minimum absolute atomic E-state index is 0.0273. The van der Waals surface area contributed by atoms with E-state index in [9.17, 15) is 9.59 Å². The molecule has 0 saturated heterocycles. The number of nitrogens with one attached hydrogen (secondary N) is 2. The van der Waals surface area contributed by atoms with Crippen LogP contribution in [0.5, 0.6) is 0 Å². The van der Waals surface area contributed by atoms with Crippen molar-refractivity contribution >= 4 is 23.4 Å². The van der Waals surface area contributed by atoms with Gasteiger partial charge in [0, 0.05) is 29.9 Å². The summed E-state index contributed by atoms with van der Waals surface area (Å²) in [5, 5.41) is 6.51. The van der Waals surface area contributed by atoms with Crippen molar-refractivity contribution in [2.75, 3.05) is 13.1 Å². The third-order valence-electron chi connectivity index (χ3n) is 4.51. The molecule has 1 aromatic rings. The molecule has 2 atom stereocenters. The molecular formula is C19H25ClN2O2. The van der Waals surface area contributed by atoms with Crippen molar-refractivity contribution in [1.82, 2.24) is 10.6 Å². The van der Waals surface area contributed by atoms with Gasteiger partial charge in [-0.3, -0.25) is 9.59 Å². The second-order valence-electron chi connectivity index (χ2n) is 6.16. The molecular weight excluding hydrogens is 324 g/mol. The molecule has 0 heterocycles. The van der Waals surface area contributed by atoms with Crippen LogP contribution in [0.1, 0.15) is 31.2 Å². The summed E-state index contributed by atoms with van der Waals surface area (Å²) in [6.07, 6.45) is 5.87. The smallest absolute Gasteiger partial charge is 0.224 e. The average Bonchev–Trinajstić information content (AvgIpc) is 2.61. The summed E-state index contributed by atoms with van der Waals surface area (Å²) in [4.78, 5) is 24.8. The quantitative estimate of drug-likeness (QED) is 0.744. The van der Waals surface area contributed by atoms with Gasteiger partial charge in [-0.2, -0.15) is 0 Å². The molecule has 0 aliphatic heterocycles. The molecule has 0 bridgehead atoms. The molecule has 0 unspecified atom stereocenters. The first-order chi connectivity index (χ1) is 11.6. The largest absolute Gasteiger partial charge is 0.356 e. The SMILES string of the molecule is C=CCNC(=O)[C@@H]1CCCC[C@@H]1C(=O)NCCc1ccccc1Cl. The van der Waals surface area contributed by atoms with E-state index in [1.165, 1.54) is 0 Å². The maximum atomic E-state index is 12.5. The number of hydrogen-bond donors (Lipinski definition) is 2. The van der Waals surface area contributed by atoms with Crippen molar-refractivity contribution in [2.45, 2.75) is 32.1 Å². The van der Waals surface area contributed by atoms with Gasteiger partial charge in [0.05, 0.1) is 0 Å². The number of halogens is 1. The van der Waals surface area contributed by atoms with Crippen LogP contribution < -0.4 is 10.6 Å². The zero-order valence-corrected chi connectivity index (χ0v) is 14.6. The summed E-state index contributed by atoms with van der Waals surface area (Å²) in [7, 11) is 0. The van der Waals surface area contributed by atoms with Crippen LogP contribution in [0.25, 0.3) is 0 Å². The average molecular weight is 349 g/mol. The van der Waals surface area contributed by atoms with Crippen molar-refractivity contribution in [2.24, 2.45) is 11.8 Å². The van der Waals surface area contributed by atoms with E-state index >= 15 is 0 Å². The lowest BCUT2D eigenvalue weighted by Gasteiger charge is -2.29. The van der Waals surface area contributed by atoms with Gasteiger partial charge < -0.3 is 10.6 Å². The molecule has 1 aromatic carbocycles. The topological polar surface area (TPSA) is 58.2 Å². The highest BCUT2D eigenvalue weighted by Crippen LogP contribution is 2.30. The Bertz CT molecular complexity index is 588. The Kier molecular flexibility index (Phi) is 7.32. The summed E-state index contributed by atoms with van der Waals surface area (Å²) in [6, 6.07) is 7.63.